The minimum atomic E-state index is 0. The van der Waals surface area contributed by atoms with Gasteiger partial charge in [-0.25, -0.2) is 4.98 Å². The summed E-state index contributed by atoms with van der Waals surface area (Å²) in [6, 6.07) is 3.78. The van der Waals surface area contributed by atoms with Gasteiger partial charge in [0.05, 0.1) is 11.3 Å². The standard InChI is InChI=1S/C17H20N6O.2ClH/c1-9-20-17(24-23-9)14-8-19-16-13(4-5-18-16)15(14)22-12-6-10-2-3-11(7-12)21-10;;/h4-5,8,10-12,21H,2-3,6-7H2,1H3,(H2,18,19,22);2*1H/t10-,11+,12?;;. The third kappa shape index (κ3) is 3.26. The molecule has 26 heavy (non-hydrogen) atoms. The predicted octanol–water partition coefficient (Wildman–Crippen LogP) is 3.46. The number of anilines is 1. The summed E-state index contributed by atoms with van der Waals surface area (Å²) in [5, 5.41) is 12.4. The summed E-state index contributed by atoms with van der Waals surface area (Å²) in [6.45, 7) is 1.83. The van der Waals surface area contributed by atoms with E-state index < -0.39 is 0 Å². The van der Waals surface area contributed by atoms with Gasteiger partial charge in [-0.2, -0.15) is 4.98 Å². The van der Waals surface area contributed by atoms with Gasteiger partial charge in [0.25, 0.3) is 5.89 Å². The fraction of sp³-hybridized carbons (Fsp3) is 0.471. The Morgan fingerprint density at radius 3 is 2.65 bits per heavy atom. The minimum absolute atomic E-state index is 0. The molecule has 7 nitrogen and oxygen atoms in total. The SMILES string of the molecule is Cc1noc(-c2cnc3[nH]ccc3c2NC2C[C@H]3CC[C@@H](C2)N3)n1.Cl.Cl. The molecular formula is C17H22Cl2N6O. The number of pyridine rings is 1. The smallest absolute Gasteiger partial charge is 0.261 e. The van der Waals surface area contributed by atoms with Gasteiger partial charge in [0.15, 0.2) is 5.82 Å². The van der Waals surface area contributed by atoms with Gasteiger partial charge in [0.1, 0.15) is 5.65 Å². The number of hydrogen-bond acceptors (Lipinski definition) is 6. The first-order valence-electron chi connectivity index (χ1n) is 8.55. The largest absolute Gasteiger partial charge is 0.381 e. The molecule has 2 aliphatic heterocycles. The number of aromatic nitrogens is 4. The molecule has 3 atom stereocenters. The number of hydrogen-bond donors (Lipinski definition) is 3. The molecule has 0 radical (unpaired) electrons. The average Bonchev–Trinajstić information content (AvgIpc) is 3.28. The van der Waals surface area contributed by atoms with E-state index >= 15 is 0 Å². The van der Waals surface area contributed by atoms with E-state index in [1.165, 1.54) is 12.8 Å². The lowest BCUT2D eigenvalue weighted by atomic mass is 9.99. The lowest BCUT2D eigenvalue weighted by Crippen LogP contribution is -2.43. The maximum atomic E-state index is 5.40. The monoisotopic (exact) mass is 396 g/mol. The van der Waals surface area contributed by atoms with Crippen molar-refractivity contribution in [3.8, 4) is 11.5 Å². The fourth-order valence-electron chi connectivity index (χ4n) is 4.11. The normalized spacial score (nSPS) is 24.1. The van der Waals surface area contributed by atoms with Crippen LogP contribution >= 0.6 is 24.8 Å². The van der Waals surface area contributed by atoms with E-state index in [-0.39, 0.29) is 24.8 Å². The van der Waals surface area contributed by atoms with E-state index in [9.17, 15) is 0 Å². The second-order valence-electron chi connectivity index (χ2n) is 6.88. The van der Waals surface area contributed by atoms with Gasteiger partial charge in [0.2, 0.25) is 0 Å². The Kier molecular flexibility index (Phi) is 5.41. The van der Waals surface area contributed by atoms with Crippen molar-refractivity contribution in [1.29, 1.82) is 0 Å². The van der Waals surface area contributed by atoms with Crippen LogP contribution in [0.3, 0.4) is 0 Å². The molecular weight excluding hydrogens is 375 g/mol. The average molecular weight is 397 g/mol. The van der Waals surface area contributed by atoms with Crippen LogP contribution in [0.4, 0.5) is 5.69 Å². The van der Waals surface area contributed by atoms with E-state index in [2.05, 4.69) is 30.7 Å². The summed E-state index contributed by atoms with van der Waals surface area (Å²) in [6.07, 6.45) is 8.59. The highest BCUT2D eigenvalue weighted by molar-refractivity contribution is 5.97. The van der Waals surface area contributed by atoms with Crippen molar-refractivity contribution in [3.63, 3.8) is 0 Å². The summed E-state index contributed by atoms with van der Waals surface area (Å²) in [5.41, 5.74) is 2.78. The van der Waals surface area contributed by atoms with Crippen LogP contribution in [0, 0.1) is 6.92 Å². The van der Waals surface area contributed by atoms with Crippen molar-refractivity contribution in [3.05, 3.63) is 24.3 Å². The predicted molar refractivity (Wildman–Crippen MR) is 105 cm³/mol. The van der Waals surface area contributed by atoms with Crippen molar-refractivity contribution >= 4 is 41.5 Å². The van der Waals surface area contributed by atoms with Gasteiger partial charge in [-0.05, 0) is 38.7 Å². The summed E-state index contributed by atoms with van der Waals surface area (Å²) >= 11 is 0. The number of piperidine rings is 1. The Labute approximate surface area is 163 Å². The van der Waals surface area contributed by atoms with E-state index in [0.717, 1.165) is 35.1 Å². The van der Waals surface area contributed by atoms with E-state index in [1.54, 1.807) is 0 Å². The van der Waals surface area contributed by atoms with Crippen LogP contribution in [0.15, 0.2) is 23.0 Å². The first-order chi connectivity index (χ1) is 11.8. The van der Waals surface area contributed by atoms with Gasteiger partial charge in [0, 0.05) is 35.9 Å². The summed E-state index contributed by atoms with van der Waals surface area (Å²) in [5.74, 6) is 1.15. The first-order valence-corrected chi connectivity index (χ1v) is 8.55. The quantitative estimate of drug-likeness (QED) is 0.627. The van der Waals surface area contributed by atoms with Gasteiger partial charge < -0.3 is 20.1 Å². The molecule has 5 heterocycles. The Hall–Kier alpha value is -1.83. The van der Waals surface area contributed by atoms with Crippen molar-refractivity contribution in [2.75, 3.05) is 5.32 Å². The molecule has 5 rings (SSSR count). The summed E-state index contributed by atoms with van der Waals surface area (Å²) < 4.78 is 5.40. The van der Waals surface area contributed by atoms with Crippen LogP contribution < -0.4 is 10.6 Å². The number of rotatable bonds is 3. The molecule has 3 aromatic heterocycles. The first kappa shape index (κ1) is 18.9. The number of nitrogens with zero attached hydrogens (tertiary/aromatic N) is 3. The van der Waals surface area contributed by atoms with Crippen molar-refractivity contribution < 1.29 is 4.52 Å². The molecule has 2 bridgehead atoms. The van der Waals surface area contributed by atoms with Gasteiger partial charge >= 0.3 is 0 Å². The van der Waals surface area contributed by atoms with Gasteiger partial charge in [-0.1, -0.05) is 5.16 Å². The lowest BCUT2D eigenvalue weighted by molar-refractivity contribution is 0.378. The zero-order chi connectivity index (χ0) is 16.1. The van der Waals surface area contributed by atoms with Crippen LogP contribution in [0.2, 0.25) is 0 Å². The molecule has 3 N–H and O–H groups in total. The van der Waals surface area contributed by atoms with Crippen molar-refractivity contribution in [1.82, 2.24) is 25.4 Å². The molecule has 2 fully saturated rings. The number of aromatic amines is 1. The molecule has 1 unspecified atom stereocenters. The zero-order valence-electron chi connectivity index (χ0n) is 14.4. The molecule has 0 amide bonds. The van der Waals surface area contributed by atoms with Crippen LogP contribution in [-0.4, -0.2) is 38.2 Å². The highest BCUT2D eigenvalue weighted by Gasteiger charge is 2.34. The second-order valence-corrected chi connectivity index (χ2v) is 6.88. The maximum Gasteiger partial charge on any atom is 0.261 e. The van der Waals surface area contributed by atoms with Crippen LogP contribution in [0.25, 0.3) is 22.5 Å². The van der Waals surface area contributed by atoms with Gasteiger partial charge in [-0.3, -0.25) is 0 Å². The van der Waals surface area contributed by atoms with E-state index in [1.807, 2.05) is 25.4 Å². The third-order valence-corrected chi connectivity index (χ3v) is 5.17. The molecule has 2 aliphatic rings. The van der Waals surface area contributed by atoms with Gasteiger partial charge in [-0.15, -0.1) is 24.8 Å². The number of fused-ring (bicyclic) bond motifs is 3. The summed E-state index contributed by atoms with van der Waals surface area (Å²) in [7, 11) is 0. The molecule has 140 valence electrons. The Morgan fingerprint density at radius 1 is 1.19 bits per heavy atom. The molecule has 2 saturated heterocycles. The van der Waals surface area contributed by atoms with Crippen LogP contribution in [0.1, 0.15) is 31.5 Å². The molecule has 0 saturated carbocycles. The molecule has 3 aromatic rings. The second kappa shape index (κ2) is 7.42. The number of H-pyrrole nitrogens is 1. The highest BCUT2D eigenvalue weighted by Crippen LogP contribution is 2.36. The number of aryl methyl sites for hydroxylation is 1. The number of halogens is 2. The van der Waals surface area contributed by atoms with E-state index in [4.69, 9.17) is 4.52 Å². The number of nitrogens with one attached hydrogen (secondary N) is 3. The molecule has 0 aromatic carbocycles. The Morgan fingerprint density at radius 2 is 1.96 bits per heavy atom. The Balaban J connectivity index is 0.000000980. The third-order valence-electron chi connectivity index (χ3n) is 5.17. The maximum absolute atomic E-state index is 5.40. The fourth-order valence-corrected chi connectivity index (χ4v) is 4.11. The van der Waals surface area contributed by atoms with Crippen molar-refractivity contribution in [2.24, 2.45) is 0 Å². The van der Waals surface area contributed by atoms with Crippen LogP contribution in [0.5, 0.6) is 0 Å². The molecule has 0 spiro atoms. The lowest BCUT2D eigenvalue weighted by Gasteiger charge is -2.31. The van der Waals surface area contributed by atoms with Crippen LogP contribution in [-0.2, 0) is 0 Å². The molecule has 9 heteroatoms. The summed E-state index contributed by atoms with van der Waals surface area (Å²) in [4.78, 5) is 12.1. The minimum Gasteiger partial charge on any atom is -0.381 e. The van der Waals surface area contributed by atoms with E-state index in [0.29, 0.717) is 29.8 Å². The Bertz CT molecular complexity index is 882. The topological polar surface area (TPSA) is 91.7 Å². The zero-order valence-corrected chi connectivity index (χ0v) is 16.0. The molecule has 0 aliphatic carbocycles. The highest BCUT2D eigenvalue weighted by atomic mass is 35.5. The van der Waals surface area contributed by atoms with Crippen molar-refractivity contribution in [2.45, 2.75) is 50.7 Å².